The minimum absolute atomic E-state index is 0.0555. The Morgan fingerprint density at radius 2 is 2.21 bits per heavy atom. The first kappa shape index (κ1) is 14.4. The van der Waals surface area contributed by atoms with Gasteiger partial charge in [-0.1, -0.05) is 31.5 Å². The van der Waals surface area contributed by atoms with E-state index >= 15 is 0 Å². The predicted molar refractivity (Wildman–Crippen MR) is 75.6 cm³/mol. The van der Waals surface area contributed by atoms with Crippen LogP contribution in [0.25, 0.3) is 0 Å². The lowest BCUT2D eigenvalue weighted by Gasteiger charge is -2.30. The van der Waals surface area contributed by atoms with Crippen molar-refractivity contribution in [1.82, 2.24) is 0 Å². The fourth-order valence-corrected chi connectivity index (χ4v) is 2.86. The highest BCUT2D eigenvalue weighted by Gasteiger charge is 2.27. The smallest absolute Gasteiger partial charge is 0.122 e. The molecule has 3 unspecified atom stereocenters. The molecule has 3 heteroatoms. The van der Waals surface area contributed by atoms with Gasteiger partial charge in [-0.15, -0.1) is 0 Å². The van der Waals surface area contributed by atoms with Crippen LogP contribution in [0.15, 0.2) is 24.3 Å². The highest BCUT2D eigenvalue weighted by atomic mass is 16.5. The molecule has 0 bridgehead atoms. The summed E-state index contributed by atoms with van der Waals surface area (Å²) in [5.74, 6) is 1.34. The lowest BCUT2D eigenvalue weighted by atomic mass is 9.86. The Labute approximate surface area is 115 Å². The van der Waals surface area contributed by atoms with Crippen molar-refractivity contribution in [3.63, 3.8) is 0 Å². The normalized spacial score (nSPS) is 21.3. The maximum absolute atomic E-state index is 10.4. The second-order valence-electron chi connectivity index (χ2n) is 5.24. The summed E-state index contributed by atoms with van der Waals surface area (Å²) in [5, 5.41) is 10.4. The number of fused-ring (bicyclic) bond motifs is 1. The van der Waals surface area contributed by atoms with E-state index in [0.717, 1.165) is 38.0 Å². The minimum atomic E-state index is -0.402. The first-order chi connectivity index (χ1) is 9.26. The molecule has 0 saturated carbocycles. The number of hydrogen-bond donors (Lipinski definition) is 1. The first-order valence-corrected chi connectivity index (χ1v) is 7.18. The van der Waals surface area contributed by atoms with E-state index in [1.165, 1.54) is 5.56 Å². The van der Waals surface area contributed by atoms with Crippen molar-refractivity contribution in [2.45, 2.75) is 50.7 Å². The van der Waals surface area contributed by atoms with Crippen molar-refractivity contribution in [2.75, 3.05) is 13.7 Å². The van der Waals surface area contributed by atoms with Crippen LogP contribution in [-0.4, -0.2) is 31.0 Å². The van der Waals surface area contributed by atoms with Crippen LogP contribution in [0.3, 0.4) is 0 Å². The molecule has 1 aromatic rings. The summed E-state index contributed by atoms with van der Waals surface area (Å²) in [7, 11) is 1.68. The molecule has 0 spiro atoms. The molecule has 0 aliphatic carbocycles. The molecule has 19 heavy (non-hydrogen) atoms. The molecule has 3 nitrogen and oxygen atoms in total. The number of ether oxygens (including phenoxy) is 2. The number of aliphatic hydroxyl groups is 1. The second kappa shape index (κ2) is 6.92. The molecule has 0 saturated heterocycles. The standard InChI is InChI=1S/C16H24O3/c1-3-6-16(18-2)14(17)11-12-9-10-19-15-8-5-4-7-13(12)15/h4-5,7-8,12,14,16-17H,3,6,9-11H2,1-2H3. The summed E-state index contributed by atoms with van der Waals surface area (Å²) in [5.41, 5.74) is 1.22. The van der Waals surface area contributed by atoms with E-state index in [2.05, 4.69) is 13.0 Å². The van der Waals surface area contributed by atoms with Crippen LogP contribution in [0.1, 0.15) is 44.1 Å². The van der Waals surface area contributed by atoms with Gasteiger partial charge >= 0.3 is 0 Å². The average Bonchev–Trinajstić information content (AvgIpc) is 2.45. The van der Waals surface area contributed by atoms with Crippen LogP contribution in [-0.2, 0) is 4.74 Å². The van der Waals surface area contributed by atoms with E-state index < -0.39 is 6.10 Å². The molecule has 1 N–H and O–H groups in total. The summed E-state index contributed by atoms with van der Waals surface area (Å²) in [4.78, 5) is 0. The third-order valence-electron chi connectivity index (χ3n) is 3.91. The van der Waals surface area contributed by atoms with Crippen LogP contribution in [0.5, 0.6) is 5.75 Å². The van der Waals surface area contributed by atoms with Crippen LogP contribution in [0.4, 0.5) is 0 Å². The summed E-state index contributed by atoms with van der Waals surface area (Å²) >= 11 is 0. The Hall–Kier alpha value is -1.06. The summed E-state index contributed by atoms with van der Waals surface area (Å²) in [6.07, 6.45) is 3.19. The monoisotopic (exact) mass is 264 g/mol. The van der Waals surface area contributed by atoms with E-state index in [4.69, 9.17) is 9.47 Å². The maximum Gasteiger partial charge on any atom is 0.122 e. The zero-order valence-corrected chi connectivity index (χ0v) is 11.8. The van der Waals surface area contributed by atoms with Gasteiger partial charge in [-0.3, -0.25) is 0 Å². The third kappa shape index (κ3) is 3.48. The minimum Gasteiger partial charge on any atom is -0.493 e. The molecule has 1 aromatic carbocycles. The second-order valence-corrected chi connectivity index (χ2v) is 5.24. The average molecular weight is 264 g/mol. The van der Waals surface area contributed by atoms with Crippen molar-refractivity contribution in [2.24, 2.45) is 0 Å². The summed E-state index contributed by atoms with van der Waals surface area (Å²) < 4.78 is 11.1. The molecule has 2 rings (SSSR count). The van der Waals surface area contributed by atoms with Gasteiger partial charge in [-0.05, 0) is 36.8 Å². The molecule has 0 fully saturated rings. The number of methoxy groups -OCH3 is 1. The van der Waals surface area contributed by atoms with Gasteiger partial charge in [0.05, 0.1) is 18.8 Å². The van der Waals surface area contributed by atoms with E-state index in [0.29, 0.717) is 5.92 Å². The molecule has 3 atom stereocenters. The molecular formula is C16H24O3. The molecule has 106 valence electrons. The van der Waals surface area contributed by atoms with Crippen molar-refractivity contribution in [1.29, 1.82) is 0 Å². The molecule has 1 aliphatic rings. The van der Waals surface area contributed by atoms with Crippen molar-refractivity contribution in [3.05, 3.63) is 29.8 Å². The molecule has 0 aromatic heterocycles. The number of para-hydroxylation sites is 1. The SMILES string of the molecule is CCCC(OC)C(O)CC1CCOc2ccccc21. The Morgan fingerprint density at radius 3 is 2.95 bits per heavy atom. The van der Waals surface area contributed by atoms with Crippen LogP contribution in [0.2, 0.25) is 0 Å². The number of benzene rings is 1. The Bertz CT molecular complexity index is 391. The number of hydrogen-bond acceptors (Lipinski definition) is 3. The third-order valence-corrected chi connectivity index (χ3v) is 3.91. The van der Waals surface area contributed by atoms with E-state index in [-0.39, 0.29) is 6.10 Å². The zero-order chi connectivity index (χ0) is 13.7. The van der Waals surface area contributed by atoms with Crippen molar-refractivity contribution >= 4 is 0 Å². The van der Waals surface area contributed by atoms with Crippen molar-refractivity contribution < 1.29 is 14.6 Å². The van der Waals surface area contributed by atoms with Crippen molar-refractivity contribution in [3.8, 4) is 5.75 Å². The molecule has 1 aliphatic heterocycles. The van der Waals surface area contributed by atoms with Gasteiger partial charge < -0.3 is 14.6 Å². The molecule has 0 amide bonds. The number of aliphatic hydroxyl groups excluding tert-OH is 1. The van der Waals surface area contributed by atoms with Crippen LogP contribution < -0.4 is 4.74 Å². The molecule has 0 radical (unpaired) electrons. The van der Waals surface area contributed by atoms with E-state index in [1.54, 1.807) is 7.11 Å². The predicted octanol–water partition coefficient (Wildman–Crippen LogP) is 3.12. The van der Waals surface area contributed by atoms with Crippen LogP contribution >= 0.6 is 0 Å². The summed E-state index contributed by atoms with van der Waals surface area (Å²) in [6, 6.07) is 8.14. The highest BCUT2D eigenvalue weighted by Crippen LogP contribution is 2.36. The summed E-state index contributed by atoms with van der Waals surface area (Å²) in [6.45, 7) is 2.85. The van der Waals surface area contributed by atoms with Gasteiger partial charge in [0, 0.05) is 7.11 Å². The Morgan fingerprint density at radius 1 is 1.42 bits per heavy atom. The Balaban J connectivity index is 2.03. The largest absolute Gasteiger partial charge is 0.493 e. The maximum atomic E-state index is 10.4. The topological polar surface area (TPSA) is 38.7 Å². The van der Waals surface area contributed by atoms with Gasteiger partial charge in [0.2, 0.25) is 0 Å². The Kier molecular flexibility index (Phi) is 5.23. The molecule has 1 heterocycles. The number of rotatable bonds is 6. The molecular weight excluding hydrogens is 240 g/mol. The van der Waals surface area contributed by atoms with Crippen LogP contribution in [0, 0.1) is 0 Å². The fourth-order valence-electron chi connectivity index (χ4n) is 2.86. The highest BCUT2D eigenvalue weighted by molar-refractivity contribution is 5.37. The quantitative estimate of drug-likeness (QED) is 0.858. The zero-order valence-electron chi connectivity index (χ0n) is 11.8. The lowest BCUT2D eigenvalue weighted by molar-refractivity contribution is -0.0247. The fraction of sp³-hybridized carbons (Fsp3) is 0.625. The van der Waals surface area contributed by atoms with Gasteiger partial charge in [0.15, 0.2) is 0 Å². The van der Waals surface area contributed by atoms with E-state index in [9.17, 15) is 5.11 Å². The lowest BCUT2D eigenvalue weighted by Crippen LogP contribution is -2.30. The van der Waals surface area contributed by atoms with Gasteiger partial charge in [-0.25, -0.2) is 0 Å². The van der Waals surface area contributed by atoms with E-state index in [1.807, 2.05) is 18.2 Å². The van der Waals surface area contributed by atoms with Gasteiger partial charge in [-0.2, -0.15) is 0 Å². The van der Waals surface area contributed by atoms with Gasteiger partial charge in [0.25, 0.3) is 0 Å². The van der Waals surface area contributed by atoms with Gasteiger partial charge in [0.1, 0.15) is 5.75 Å². The first-order valence-electron chi connectivity index (χ1n) is 7.18.